The zero-order valence-corrected chi connectivity index (χ0v) is 17.6. The molecule has 7 heteroatoms. The van der Waals surface area contributed by atoms with E-state index in [0.29, 0.717) is 11.9 Å². The molecule has 154 valence electrons. The summed E-state index contributed by atoms with van der Waals surface area (Å²) >= 11 is 0. The lowest BCUT2D eigenvalue weighted by molar-refractivity contribution is 0.498. The first-order chi connectivity index (χ1) is 15.2. The van der Waals surface area contributed by atoms with Crippen LogP contribution in [0.25, 0.3) is 38.9 Å². The number of aromatic nitrogens is 5. The average Bonchev–Trinajstić information content (AvgIpc) is 3.12. The van der Waals surface area contributed by atoms with E-state index in [1.54, 1.807) is 0 Å². The molecule has 4 aromatic heterocycles. The summed E-state index contributed by atoms with van der Waals surface area (Å²) in [6.07, 6.45) is 11.9. The van der Waals surface area contributed by atoms with Crippen LogP contribution >= 0.6 is 0 Å². The van der Waals surface area contributed by atoms with Crippen LogP contribution in [0.5, 0.6) is 0 Å². The van der Waals surface area contributed by atoms with Gasteiger partial charge in [0.25, 0.3) is 0 Å². The molecule has 4 aromatic rings. The Kier molecular flexibility index (Phi) is 4.11. The normalized spacial score (nSPS) is 18.5. The number of rotatable bonds is 3. The molecule has 31 heavy (non-hydrogen) atoms. The molecule has 6 rings (SSSR count). The van der Waals surface area contributed by atoms with Gasteiger partial charge in [-0.1, -0.05) is 18.2 Å². The van der Waals surface area contributed by atoms with Gasteiger partial charge in [0.15, 0.2) is 5.82 Å². The largest absolute Gasteiger partial charge is 0.351 e. The number of hydrogen-bond acceptors (Lipinski definition) is 6. The maximum absolute atomic E-state index is 5.17. The van der Waals surface area contributed by atoms with E-state index in [1.165, 1.54) is 5.57 Å². The van der Waals surface area contributed by atoms with E-state index in [0.717, 1.165) is 64.2 Å². The third kappa shape index (κ3) is 2.92. The molecule has 0 bridgehead atoms. The first kappa shape index (κ1) is 18.2. The van der Waals surface area contributed by atoms with Crippen molar-refractivity contribution in [2.24, 2.45) is 0 Å². The smallest absolute Gasteiger partial charge is 0.163 e. The van der Waals surface area contributed by atoms with E-state index in [2.05, 4.69) is 56.4 Å². The standard InChI is InChI=1S/C24H23N7/c1-14-10-18-17(6-7-27-22(18)28-14)23-29-20-13-26-12-19(16-4-3-5-16)21(20)24(30-23)31-9-8-25-11-15(31)2/h3-7,10,12-13,15,25H,8-9,11H2,1-2H3,(H,27,28)/t15-/m1/s1. The number of piperazine rings is 1. The zero-order valence-electron chi connectivity index (χ0n) is 17.6. The molecule has 0 unspecified atom stereocenters. The van der Waals surface area contributed by atoms with Crippen LogP contribution in [0.2, 0.25) is 0 Å². The average molecular weight is 409 g/mol. The summed E-state index contributed by atoms with van der Waals surface area (Å²) in [6, 6.07) is 4.44. The van der Waals surface area contributed by atoms with Crippen molar-refractivity contribution in [3.63, 3.8) is 0 Å². The number of allylic oxidation sites excluding steroid dienone is 4. The Bertz CT molecular complexity index is 1380. The van der Waals surface area contributed by atoms with Gasteiger partial charge in [-0.25, -0.2) is 15.0 Å². The summed E-state index contributed by atoms with van der Waals surface area (Å²) in [5.41, 5.74) is 6.03. The maximum Gasteiger partial charge on any atom is 0.163 e. The zero-order chi connectivity index (χ0) is 20.9. The number of nitrogens with one attached hydrogen (secondary N) is 2. The fourth-order valence-corrected chi connectivity index (χ4v) is 4.49. The van der Waals surface area contributed by atoms with Crippen LogP contribution in [0, 0.1) is 6.92 Å². The van der Waals surface area contributed by atoms with Crippen molar-refractivity contribution in [1.82, 2.24) is 30.2 Å². The Hall–Kier alpha value is -3.58. The molecule has 7 nitrogen and oxygen atoms in total. The van der Waals surface area contributed by atoms with Crippen molar-refractivity contribution in [3.05, 3.63) is 60.2 Å². The second-order valence-corrected chi connectivity index (χ2v) is 8.25. The Labute approximate surface area is 180 Å². The number of anilines is 1. The van der Waals surface area contributed by atoms with Crippen LogP contribution in [0.1, 0.15) is 18.2 Å². The monoisotopic (exact) mass is 409 g/mol. The van der Waals surface area contributed by atoms with E-state index in [1.807, 2.05) is 31.6 Å². The summed E-state index contributed by atoms with van der Waals surface area (Å²) in [4.78, 5) is 24.8. The van der Waals surface area contributed by atoms with Gasteiger partial charge in [0.2, 0.25) is 0 Å². The number of aromatic amines is 1. The predicted octanol–water partition coefficient (Wildman–Crippen LogP) is 3.63. The number of aryl methyl sites for hydroxylation is 1. The van der Waals surface area contributed by atoms with E-state index in [-0.39, 0.29) is 0 Å². The topological polar surface area (TPSA) is 82.6 Å². The highest BCUT2D eigenvalue weighted by Gasteiger charge is 2.25. The highest BCUT2D eigenvalue weighted by Crippen LogP contribution is 2.37. The molecular weight excluding hydrogens is 386 g/mol. The minimum atomic E-state index is 0.332. The van der Waals surface area contributed by atoms with Crippen LogP contribution < -0.4 is 10.2 Å². The second kappa shape index (κ2) is 6.99. The Morgan fingerprint density at radius 1 is 1.16 bits per heavy atom. The highest BCUT2D eigenvalue weighted by molar-refractivity contribution is 6.03. The number of fused-ring (bicyclic) bond motifs is 2. The predicted molar refractivity (Wildman–Crippen MR) is 124 cm³/mol. The van der Waals surface area contributed by atoms with Crippen molar-refractivity contribution >= 4 is 33.3 Å². The Morgan fingerprint density at radius 2 is 2.06 bits per heavy atom. The van der Waals surface area contributed by atoms with Crippen molar-refractivity contribution < 1.29 is 0 Å². The van der Waals surface area contributed by atoms with Gasteiger partial charge in [0, 0.05) is 60.3 Å². The van der Waals surface area contributed by atoms with Crippen LogP contribution in [-0.2, 0) is 0 Å². The lowest BCUT2D eigenvalue weighted by Crippen LogP contribution is -2.50. The molecular formula is C24H23N7. The van der Waals surface area contributed by atoms with Crippen LogP contribution in [-0.4, -0.2) is 50.6 Å². The summed E-state index contributed by atoms with van der Waals surface area (Å²) in [7, 11) is 0. The molecule has 1 aliphatic heterocycles. The molecule has 2 N–H and O–H groups in total. The van der Waals surface area contributed by atoms with Crippen molar-refractivity contribution in [2.75, 3.05) is 24.5 Å². The van der Waals surface area contributed by atoms with Crippen LogP contribution in [0.15, 0.2) is 49.0 Å². The SMILES string of the molecule is Cc1cc2c(-c3nc(N4CCNC[C@H]4C)c4c(C5=CC=C5)cncc4n3)ccnc2[nH]1. The summed E-state index contributed by atoms with van der Waals surface area (Å²) in [5.74, 6) is 1.68. The van der Waals surface area contributed by atoms with Gasteiger partial charge in [-0.15, -0.1) is 0 Å². The highest BCUT2D eigenvalue weighted by atomic mass is 15.3. The maximum atomic E-state index is 5.17. The molecule has 2 aliphatic rings. The van der Waals surface area contributed by atoms with Crippen molar-refractivity contribution in [3.8, 4) is 11.4 Å². The van der Waals surface area contributed by atoms with Crippen molar-refractivity contribution in [1.29, 1.82) is 0 Å². The summed E-state index contributed by atoms with van der Waals surface area (Å²) in [5, 5.41) is 5.59. The molecule has 1 aliphatic carbocycles. The molecule has 0 radical (unpaired) electrons. The number of pyridine rings is 2. The Morgan fingerprint density at radius 3 is 2.87 bits per heavy atom. The van der Waals surface area contributed by atoms with Gasteiger partial charge in [0.1, 0.15) is 11.5 Å². The molecule has 1 atom stereocenters. The second-order valence-electron chi connectivity index (χ2n) is 8.25. The molecule has 1 saturated heterocycles. The fraction of sp³-hybridized carbons (Fsp3) is 0.250. The first-order valence-corrected chi connectivity index (χ1v) is 10.7. The van der Waals surface area contributed by atoms with E-state index in [9.17, 15) is 0 Å². The fourth-order valence-electron chi connectivity index (χ4n) is 4.49. The van der Waals surface area contributed by atoms with Gasteiger partial charge in [0.05, 0.1) is 17.1 Å². The third-order valence-corrected chi connectivity index (χ3v) is 6.13. The van der Waals surface area contributed by atoms with E-state index >= 15 is 0 Å². The minimum Gasteiger partial charge on any atom is -0.351 e. The summed E-state index contributed by atoms with van der Waals surface area (Å²) in [6.45, 7) is 7.04. The number of H-pyrrole nitrogens is 1. The van der Waals surface area contributed by atoms with Gasteiger partial charge in [-0.2, -0.15) is 0 Å². The van der Waals surface area contributed by atoms with Gasteiger partial charge in [-0.3, -0.25) is 4.98 Å². The first-order valence-electron chi connectivity index (χ1n) is 10.7. The lowest BCUT2D eigenvalue weighted by atomic mass is 9.97. The number of hydrogen-bond donors (Lipinski definition) is 2. The summed E-state index contributed by atoms with van der Waals surface area (Å²) < 4.78 is 0. The molecule has 0 aromatic carbocycles. The van der Waals surface area contributed by atoms with E-state index in [4.69, 9.17) is 9.97 Å². The van der Waals surface area contributed by atoms with Crippen LogP contribution in [0.4, 0.5) is 5.82 Å². The van der Waals surface area contributed by atoms with Gasteiger partial charge in [-0.05, 0) is 31.6 Å². The van der Waals surface area contributed by atoms with Crippen LogP contribution in [0.3, 0.4) is 0 Å². The minimum absolute atomic E-state index is 0.332. The molecule has 1 fully saturated rings. The third-order valence-electron chi connectivity index (χ3n) is 6.13. The molecule has 0 spiro atoms. The molecule has 0 saturated carbocycles. The Balaban J connectivity index is 1.64. The van der Waals surface area contributed by atoms with Crippen molar-refractivity contribution in [2.45, 2.75) is 19.9 Å². The van der Waals surface area contributed by atoms with Gasteiger partial charge < -0.3 is 15.2 Å². The lowest BCUT2D eigenvalue weighted by Gasteiger charge is -2.36. The molecule has 0 amide bonds. The quantitative estimate of drug-likeness (QED) is 0.538. The number of nitrogens with zero attached hydrogens (tertiary/aromatic N) is 5. The van der Waals surface area contributed by atoms with Gasteiger partial charge >= 0.3 is 0 Å². The molecule has 5 heterocycles. The van der Waals surface area contributed by atoms with E-state index < -0.39 is 0 Å².